The first-order valence-corrected chi connectivity index (χ1v) is 2.25. The van der Waals surface area contributed by atoms with Crippen molar-refractivity contribution < 1.29 is 10.3 Å². The zero-order valence-corrected chi connectivity index (χ0v) is 5.00. The van der Waals surface area contributed by atoms with Crippen LogP contribution in [0.15, 0.2) is 11.4 Å². The molecule has 9 heavy (non-hydrogen) atoms. The van der Waals surface area contributed by atoms with E-state index in [-0.39, 0.29) is 11.4 Å². The van der Waals surface area contributed by atoms with Crippen molar-refractivity contribution >= 4 is 6.21 Å². The molecule has 5 heteroatoms. The lowest BCUT2D eigenvalue weighted by Crippen LogP contribution is -2.33. The summed E-state index contributed by atoms with van der Waals surface area (Å²) in [5, 5.41) is 14.8. The SMILES string of the molecule is C/C(N)=C(/C=[NH2+])[N+](=O)[O-]. The molecule has 50 valence electrons. The average molecular weight is 130 g/mol. The maximum absolute atomic E-state index is 9.93. The van der Waals surface area contributed by atoms with Crippen LogP contribution >= 0.6 is 0 Å². The quantitative estimate of drug-likeness (QED) is 0.264. The van der Waals surface area contributed by atoms with Gasteiger partial charge in [-0.3, -0.25) is 15.5 Å². The number of hydrogen-bond donors (Lipinski definition) is 2. The summed E-state index contributed by atoms with van der Waals surface area (Å²) in [7, 11) is 0. The maximum atomic E-state index is 9.93. The second-order valence-corrected chi connectivity index (χ2v) is 1.49. The standard InChI is InChI=1S/C4H7N3O2/c1-3(6)4(2-5)7(8)9/h2,5H,6H2,1H3/p+1/b4-3+,5-2?. The molecule has 0 amide bonds. The third kappa shape index (κ3) is 1.89. The van der Waals surface area contributed by atoms with Crippen LogP contribution in [-0.4, -0.2) is 11.1 Å². The van der Waals surface area contributed by atoms with Crippen LogP contribution in [-0.2, 0) is 0 Å². The van der Waals surface area contributed by atoms with E-state index in [1.54, 1.807) is 0 Å². The van der Waals surface area contributed by atoms with Gasteiger partial charge in [-0.15, -0.1) is 0 Å². The molecule has 0 saturated carbocycles. The molecule has 0 spiro atoms. The molecular weight excluding hydrogens is 122 g/mol. The van der Waals surface area contributed by atoms with Crippen LogP contribution in [0.3, 0.4) is 0 Å². The summed E-state index contributed by atoms with van der Waals surface area (Å²) in [6, 6.07) is 0. The summed E-state index contributed by atoms with van der Waals surface area (Å²) in [5.74, 6) is 0. The second kappa shape index (κ2) is 2.81. The first-order chi connectivity index (χ1) is 4.09. The summed E-state index contributed by atoms with van der Waals surface area (Å²) in [6.45, 7) is 1.42. The van der Waals surface area contributed by atoms with E-state index in [1.165, 1.54) is 6.92 Å². The van der Waals surface area contributed by atoms with E-state index in [9.17, 15) is 10.1 Å². The van der Waals surface area contributed by atoms with E-state index in [0.29, 0.717) is 0 Å². The lowest BCUT2D eigenvalue weighted by molar-refractivity contribution is -0.418. The van der Waals surface area contributed by atoms with Gasteiger partial charge in [0, 0.05) is 0 Å². The highest BCUT2D eigenvalue weighted by molar-refractivity contribution is 5.70. The molecule has 0 unspecified atom stereocenters. The van der Waals surface area contributed by atoms with Crippen LogP contribution in [0.4, 0.5) is 0 Å². The van der Waals surface area contributed by atoms with Crippen molar-refractivity contribution in [3.8, 4) is 0 Å². The Balaban J connectivity index is 4.55. The van der Waals surface area contributed by atoms with Crippen LogP contribution in [0, 0.1) is 10.1 Å². The summed E-state index contributed by atoms with van der Waals surface area (Å²) in [5.41, 5.74) is 4.95. The number of nitrogens with zero attached hydrogens (tertiary/aromatic N) is 1. The van der Waals surface area contributed by atoms with Crippen molar-refractivity contribution in [1.82, 2.24) is 0 Å². The summed E-state index contributed by atoms with van der Waals surface area (Å²) in [6.07, 6.45) is 0.870. The van der Waals surface area contributed by atoms with Crippen LogP contribution in [0.1, 0.15) is 6.92 Å². The van der Waals surface area contributed by atoms with E-state index in [4.69, 9.17) is 11.1 Å². The molecule has 0 fully saturated rings. The first-order valence-electron chi connectivity index (χ1n) is 2.25. The Bertz CT molecular complexity index is 169. The number of nitro groups is 1. The van der Waals surface area contributed by atoms with Gasteiger partial charge in [0.2, 0.25) is 6.21 Å². The van der Waals surface area contributed by atoms with E-state index in [2.05, 4.69) is 0 Å². The maximum Gasteiger partial charge on any atom is 0.349 e. The van der Waals surface area contributed by atoms with Gasteiger partial charge >= 0.3 is 5.70 Å². The van der Waals surface area contributed by atoms with E-state index >= 15 is 0 Å². The monoisotopic (exact) mass is 130 g/mol. The smallest absolute Gasteiger partial charge is 0.349 e. The third-order valence-corrected chi connectivity index (χ3v) is 0.759. The Kier molecular flexibility index (Phi) is 2.37. The lowest BCUT2D eigenvalue weighted by Gasteiger charge is -1.87. The van der Waals surface area contributed by atoms with Crippen molar-refractivity contribution in [2.24, 2.45) is 5.73 Å². The molecule has 5 nitrogen and oxygen atoms in total. The van der Waals surface area contributed by atoms with Crippen molar-refractivity contribution in [2.75, 3.05) is 0 Å². The molecule has 0 atom stereocenters. The first kappa shape index (κ1) is 7.61. The number of rotatable bonds is 2. The molecule has 0 aromatic carbocycles. The predicted octanol–water partition coefficient (Wildman–Crippen LogP) is -1.72. The molecule has 0 aromatic heterocycles. The molecule has 0 saturated heterocycles. The van der Waals surface area contributed by atoms with E-state index < -0.39 is 4.92 Å². The van der Waals surface area contributed by atoms with Crippen molar-refractivity contribution in [2.45, 2.75) is 6.92 Å². The minimum atomic E-state index is -0.630. The Morgan fingerprint density at radius 3 is 2.33 bits per heavy atom. The van der Waals surface area contributed by atoms with Crippen molar-refractivity contribution in [3.05, 3.63) is 21.5 Å². The van der Waals surface area contributed by atoms with Gasteiger partial charge in [-0.2, -0.15) is 0 Å². The second-order valence-electron chi connectivity index (χ2n) is 1.49. The Morgan fingerprint density at radius 2 is 2.33 bits per heavy atom. The van der Waals surface area contributed by atoms with Gasteiger partial charge < -0.3 is 5.73 Å². The topological polar surface area (TPSA) is 94.8 Å². The fraction of sp³-hybridized carbons (Fsp3) is 0.250. The highest BCUT2D eigenvalue weighted by Crippen LogP contribution is 1.92. The molecule has 0 aliphatic carbocycles. The van der Waals surface area contributed by atoms with Gasteiger partial charge in [0.05, 0.1) is 10.6 Å². The molecule has 0 radical (unpaired) electrons. The minimum absolute atomic E-state index is 0.113. The summed E-state index contributed by atoms with van der Waals surface area (Å²) in [4.78, 5) is 9.30. The number of allylic oxidation sites excluding steroid dienone is 2. The van der Waals surface area contributed by atoms with Crippen molar-refractivity contribution in [1.29, 1.82) is 0 Å². The normalized spacial score (nSPS) is 12.1. The zero-order chi connectivity index (χ0) is 7.44. The fourth-order valence-corrected chi connectivity index (χ4v) is 0.336. The molecule has 4 N–H and O–H groups in total. The largest absolute Gasteiger partial charge is 0.397 e. The van der Waals surface area contributed by atoms with Crippen LogP contribution in [0.5, 0.6) is 0 Å². The Labute approximate surface area is 51.8 Å². The molecule has 0 heterocycles. The lowest BCUT2D eigenvalue weighted by atomic mass is 10.4. The number of hydrogen-bond acceptors (Lipinski definition) is 3. The van der Waals surface area contributed by atoms with Gasteiger partial charge in [0.25, 0.3) is 0 Å². The molecule has 0 rings (SSSR count). The molecule has 0 aliphatic heterocycles. The Hall–Kier alpha value is -1.39. The van der Waals surface area contributed by atoms with Gasteiger partial charge in [-0.05, 0) is 6.92 Å². The highest BCUT2D eigenvalue weighted by atomic mass is 16.6. The summed E-state index contributed by atoms with van der Waals surface area (Å²) < 4.78 is 0. The van der Waals surface area contributed by atoms with Crippen LogP contribution in [0.25, 0.3) is 0 Å². The molecule has 0 aliphatic rings. The van der Waals surface area contributed by atoms with Crippen molar-refractivity contribution in [3.63, 3.8) is 0 Å². The number of nitrogens with two attached hydrogens (primary N) is 2. The minimum Gasteiger partial charge on any atom is -0.397 e. The van der Waals surface area contributed by atoms with Gasteiger partial charge in [-0.1, -0.05) is 0 Å². The highest BCUT2D eigenvalue weighted by Gasteiger charge is 2.11. The predicted molar refractivity (Wildman–Crippen MR) is 31.9 cm³/mol. The molecular formula is C4H8N3O2+. The van der Waals surface area contributed by atoms with Gasteiger partial charge in [-0.25, -0.2) is 0 Å². The molecule has 0 bridgehead atoms. The van der Waals surface area contributed by atoms with E-state index in [0.717, 1.165) is 6.21 Å². The van der Waals surface area contributed by atoms with E-state index in [1.807, 2.05) is 0 Å². The zero-order valence-electron chi connectivity index (χ0n) is 5.00. The molecule has 0 aromatic rings. The fourth-order valence-electron chi connectivity index (χ4n) is 0.336. The van der Waals surface area contributed by atoms with Gasteiger partial charge in [0.1, 0.15) is 0 Å². The summed E-state index contributed by atoms with van der Waals surface area (Å²) >= 11 is 0. The Morgan fingerprint density at radius 1 is 1.89 bits per heavy atom. The third-order valence-electron chi connectivity index (χ3n) is 0.759. The van der Waals surface area contributed by atoms with Crippen LogP contribution in [0.2, 0.25) is 0 Å². The van der Waals surface area contributed by atoms with Gasteiger partial charge in [0.15, 0.2) is 0 Å². The average Bonchev–Trinajstić information content (AvgIpc) is 1.64. The van der Waals surface area contributed by atoms with Crippen LogP contribution < -0.4 is 11.1 Å².